The highest BCUT2D eigenvalue weighted by Gasteiger charge is 2.14. The number of nitrogens with zero attached hydrogens (tertiary/aromatic N) is 3. The van der Waals surface area contributed by atoms with Gasteiger partial charge in [-0.3, -0.25) is 14.9 Å². The number of nitrogens with one attached hydrogen (secondary N) is 1. The lowest BCUT2D eigenvalue weighted by Gasteiger charge is -2.06. The van der Waals surface area contributed by atoms with Crippen LogP contribution in [0.25, 0.3) is 0 Å². The van der Waals surface area contributed by atoms with Gasteiger partial charge in [0, 0.05) is 18.2 Å². The molecule has 1 heterocycles. The van der Waals surface area contributed by atoms with Gasteiger partial charge in [-0.05, 0) is 6.07 Å². The van der Waals surface area contributed by atoms with Gasteiger partial charge in [0.1, 0.15) is 17.5 Å². The van der Waals surface area contributed by atoms with E-state index in [0.29, 0.717) is 0 Å². The van der Waals surface area contributed by atoms with Crippen molar-refractivity contribution in [1.82, 2.24) is 9.97 Å². The first-order valence-corrected chi connectivity index (χ1v) is 7.10. The maximum absolute atomic E-state index is 13.6. The fraction of sp³-hybridized carbons (Fsp3) is 0.0833. The van der Waals surface area contributed by atoms with Gasteiger partial charge in [-0.2, -0.15) is 0 Å². The molecule has 0 unspecified atom stereocenters. The van der Waals surface area contributed by atoms with E-state index in [1.807, 2.05) is 0 Å². The quantitative estimate of drug-likeness (QED) is 0.320. The number of halogens is 1. The lowest BCUT2D eigenvalue weighted by atomic mass is 10.2. The molecule has 2 aromatic rings. The van der Waals surface area contributed by atoms with E-state index < -0.39 is 16.6 Å². The van der Waals surface area contributed by atoms with Gasteiger partial charge in [0.25, 0.3) is 5.69 Å². The number of nitrogens with two attached hydrogens (primary N) is 2. The van der Waals surface area contributed by atoms with Gasteiger partial charge in [0.05, 0.1) is 16.4 Å². The largest absolute Gasteiger partial charge is 0.383 e. The van der Waals surface area contributed by atoms with E-state index in [4.69, 9.17) is 11.5 Å². The summed E-state index contributed by atoms with van der Waals surface area (Å²) in [6, 6.07) is 4.21. The Kier molecular flexibility index (Phi) is 4.91. The van der Waals surface area contributed by atoms with Crippen LogP contribution in [0.2, 0.25) is 0 Å². The fourth-order valence-electron chi connectivity index (χ4n) is 1.57. The van der Waals surface area contributed by atoms with E-state index in [2.05, 4.69) is 15.3 Å². The zero-order valence-corrected chi connectivity index (χ0v) is 12.3. The van der Waals surface area contributed by atoms with E-state index >= 15 is 0 Å². The van der Waals surface area contributed by atoms with Crippen molar-refractivity contribution in [3.8, 4) is 0 Å². The van der Waals surface area contributed by atoms with Crippen molar-refractivity contribution in [2.24, 2.45) is 0 Å². The average Bonchev–Trinajstić information content (AvgIpc) is 2.46. The zero-order valence-electron chi connectivity index (χ0n) is 11.5. The molecule has 5 N–H and O–H groups in total. The maximum Gasteiger partial charge on any atom is 0.271 e. The summed E-state index contributed by atoms with van der Waals surface area (Å²) in [6.07, 6.45) is 0. The number of carbonyl (C=O) groups excluding carboxylic acids is 1. The maximum atomic E-state index is 13.6. The van der Waals surface area contributed by atoms with Crippen molar-refractivity contribution in [3.63, 3.8) is 0 Å². The molecule has 0 fully saturated rings. The first kappa shape index (κ1) is 16.4. The smallest absolute Gasteiger partial charge is 0.271 e. The van der Waals surface area contributed by atoms with Crippen molar-refractivity contribution < 1.29 is 14.1 Å². The Morgan fingerprint density at radius 2 is 1.96 bits per heavy atom. The van der Waals surface area contributed by atoms with Crippen LogP contribution in [0.1, 0.15) is 0 Å². The van der Waals surface area contributed by atoms with Gasteiger partial charge >= 0.3 is 0 Å². The molecule has 0 aliphatic heterocycles. The number of hydrogen-bond acceptors (Lipinski definition) is 8. The molecule has 0 bridgehead atoms. The van der Waals surface area contributed by atoms with Crippen LogP contribution >= 0.6 is 11.8 Å². The fourth-order valence-corrected chi connectivity index (χ4v) is 2.24. The zero-order chi connectivity index (χ0) is 17.0. The summed E-state index contributed by atoms with van der Waals surface area (Å²) >= 11 is 0.942. The molecule has 1 amide bonds. The van der Waals surface area contributed by atoms with Gasteiger partial charge in [-0.25, -0.2) is 14.4 Å². The average molecular weight is 338 g/mol. The minimum absolute atomic E-state index is 0.148. The number of nitro groups is 1. The number of benzene rings is 1. The van der Waals surface area contributed by atoms with Crippen LogP contribution in [-0.4, -0.2) is 26.6 Å². The summed E-state index contributed by atoms with van der Waals surface area (Å²) in [6.45, 7) is 0. The van der Waals surface area contributed by atoms with Crippen LogP contribution in [0.3, 0.4) is 0 Å². The summed E-state index contributed by atoms with van der Waals surface area (Å²) in [5.74, 6) is -1.20. The third-order valence-electron chi connectivity index (χ3n) is 2.51. The lowest BCUT2D eigenvalue weighted by Crippen LogP contribution is -2.15. The molecule has 0 radical (unpaired) electrons. The van der Waals surface area contributed by atoms with Crippen LogP contribution < -0.4 is 16.8 Å². The number of anilines is 3. The first-order chi connectivity index (χ1) is 10.8. The highest BCUT2D eigenvalue weighted by molar-refractivity contribution is 7.99. The second-order valence-corrected chi connectivity index (χ2v) is 5.20. The third kappa shape index (κ3) is 4.51. The molecule has 23 heavy (non-hydrogen) atoms. The molecule has 0 spiro atoms. The van der Waals surface area contributed by atoms with Crippen LogP contribution in [0.15, 0.2) is 29.4 Å². The van der Waals surface area contributed by atoms with Gasteiger partial charge in [-0.15, -0.1) is 0 Å². The minimum atomic E-state index is -0.779. The van der Waals surface area contributed by atoms with Crippen LogP contribution in [0.4, 0.5) is 27.4 Å². The van der Waals surface area contributed by atoms with Crippen LogP contribution in [0, 0.1) is 15.9 Å². The standard InChI is InChI=1S/C12H11FN6O3S/c13-7-2-1-6(19(21)22)3-8(7)16-11(20)5-23-12-17-9(14)4-10(15)18-12/h1-4H,5H2,(H,16,20)(H4,14,15,17,18). The lowest BCUT2D eigenvalue weighted by molar-refractivity contribution is -0.384. The highest BCUT2D eigenvalue weighted by atomic mass is 32.2. The number of rotatable bonds is 5. The first-order valence-electron chi connectivity index (χ1n) is 6.12. The van der Waals surface area contributed by atoms with E-state index in [9.17, 15) is 19.3 Å². The molecule has 120 valence electrons. The Hall–Kier alpha value is -2.95. The van der Waals surface area contributed by atoms with Crippen molar-refractivity contribution >= 4 is 40.7 Å². The van der Waals surface area contributed by atoms with E-state index in [1.54, 1.807) is 0 Å². The van der Waals surface area contributed by atoms with E-state index in [0.717, 1.165) is 30.0 Å². The summed E-state index contributed by atoms with van der Waals surface area (Å²) in [4.78, 5) is 29.5. The number of nitrogen functional groups attached to an aromatic ring is 2. The third-order valence-corrected chi connectivity index (χ3v) is 3.36. The molecule has 11 heteroatoms. The molecule has 0 saturated carbocycles. The number of thioether (sulfide) groups is 1. The molecule has 0 atom stereocenters. The Balaban J connectivity index is 2.02. The number of nitro benzene ring substituents is 1. The molecular formula is C12H11FN6O3S. The molecule has 1 aromatic carbocycles. The van der Waals surface area contributed by atoms with E-state index in [-0.39, 0.29) is 33.9 Å². The van der Waals surface area contributed by atoms with Crippen molar-refractivity contribution in [2.75, 3.05) is 22.5 Å². The number of non-ortho nitro benzene ring substituents is 1. The molecule has 0 aliphatic rings. The van der Waals surface area contributed by atoms with Crippen molar-refractivity contribution in [2.45, 2.75) is 5.16 Å². The topological polar surface area (TPSA) is 150 Å². The highest BCUT2D eigenvalue weighted by Crippen LogP contribution is 2.22. The van der Waals surface area contributed by atoms with Gasteiger partial charge in [-0.1, -0.05) is 11.8 Å². The molecule has 2 rings (SSSR count). The van der Waals surface area contributed by atoms with Crippen LogP contribution in [0.5, 0.6) is 0 Å². The summed E-state index contributed by atoms with van der Waals surface area (Å²) in [5, 5.41) is 13.1. The predicted molar refractivity (Wildman–Crippen MR) is 83.3 cm³/mol. The van der Waals surface area contributed by atoms with Crippen LogP contribution in [-0.2, 0) is 4.79 Å². The summed E-state index contributed by atoms with van der Waals surface area (Å²) in [5.41, 5.74) is 10.4. The Morgan fingerprint density at radius 3 is 2.57 bits per heavy atom. The molecule has 0 saturated heterocycles. The summed E-state index contributed by atoms with van der Waals surface area (Å²) < 4.78 is 13.6. The van der Waals surface area contributed by atoms with Crippen molar-refractivity contribution in [3.05, 3.63) is 40.2 Å². The number of aromatic nitrogens is 2. The van der Waals surface area contributed by atoms with Gasteiger partial charge < -0.3 is 16.8 Å². The second kappa shape index (κ2) is 6.87. The van der Waals surface area contributed by atoms with Crippen molar-refractivity contribution in [1.29, 1.82) is 0 Å². The Labute approximate surface area is 133 Å². The number of hydrogen-bond donors (Lipinski definition) is 3. The Bertz CT molecular complexity index is 752. The number of amides is 1. The van der Waals surface area contributed by atoms with Gasteiger partial charge in [0.15, 0.2) is 5.16 Å². The monoisotopic (exact) mass is 338 g/mol. The van der Waals surface area contributed by atoms with Gasteiger partial charge in [0.2, 0.25) is 5.91 Å². The van der Waals surface area contributed by atoms with E-state index in [1.165, 1.54) is 6.07 Å². The molecular weight excluding hydrogens is 327 g/mol. The predicted octanol–water partition coefficient (Wildman–Crippen LogP) is 1.42. The molecule has 0 aliphatic carbocycles. The SMILES string of the molecule is Nc1cc(N)nc(SCC(=O)Nc2cc([N+](=O)[O-])ccc2F)n1. The number of carbonyl (C=O) groups is 1. The summed E-state index contributed by atoms with van der Waals surface area (Å²) in [7, 11) is 0. The molecule has 9 nitrogen and oxygen atoms in total. The normalized spacial score (nSPS) is 10.3. The molecule has 1 aromatic heterocycles. The Morgan fingerprint density at radius 1 is 1.30 bits per heavy atom. The second-order valence-electron chi connectivity index (χ2n) is 4.26. The minimum Gasteiger partial charge on any atom is -0.383 e.